The smallest absolute Gasteiger partial charge is 0.371 e. The lowest BCUT2D eigenvalue weighted by Gasteiger charge is -1.96. The molecule has 2 rings (SSSR count). The summed E-state index contributed by atoms with van der Waals surface area (Å²) >= 11 is 3.39. The molecule has 1 heterocycles. The van der Waals surface area contributed by atoms with Crippen molar-refractivity contribution in [1.29, 1.82) is 0 Å². The molecule has 0 radical (unpaired) electrons. The molecule has 72 valence electrons. The third-order valence-electron chi connectivity index (χ3n) is 2.04. The molecule has 14 heavy (non-hydrogen) atoms. The minimum Gasteiger partial charge on any atom is -0.475 e. The summed E-state index contributed by atoms with van der Waals surface area (Å²) in [5.41, 5.74) is 1.63. The van der Waals surface area contributed by atoms with Crippen LogP contribution in [0.2, 0.25) is 0 Å². The van der Waals surface area contributed by atoms with E-state index in [1.807, 2.05) is 13.0 Å². The normalized spacial score (nSPS) is 10.7. The van der Waals surface area contributed by atoms with Crippen LogP contribution in [0.3, 0.4) is 0 Å². The maximum absolute atomic E-state index is 10.7. The molecule has 0 fully saturated rings. The van der Waals surface area contributed by atoms with Crippen LogP contribution in [0, 0.1) is 6.92 Å². The Morgan fingerprint density at radius 3 is 2.86 bits per heavy atom. The lowest BCUT2D eigenvalue weighted by atomic mass is 10.2. The predicted molar refractivity (Wildman–Crippen MR) is 55.6 cm³/mol. The topological polar surface area (TPSA) is 50.4 Å². The Morgan fingerprint density at radius 2 is 2.21 bits per heavy atom. The second kappa shape index (κ2) is 3.13. The van der Waals surface area contributed by atoms with E-state index in [2.05, 4.69) is 15.9 Å². The van der Waals surface area contributed by atoms with E-state index < -0.39 is 5.97 Å². The van der Waals surface area contributed by atoms with Crippen LogP contribution in [-0.4, -0.2) is 11.1 Å². The van der Waals surface area contributed by atoms with E-state index in [-0.39, 0.29) is 5.76 Å². The van der Waals surface area contributed by atoms with Gasteiger partial charge in [0.25, 0.3) is 0 Å². The van der Waals surface area contributed by atoms with Gasteiger partial charge in [-0.15, -0.1) is 0 Å². The Labute approximate surface area is 88.5 Å². The number of aryl methyl sites for hydroxylation is 1. The van der Waals surface area contributed by atoms with Crippen molar-refractivity contribution in [2.45, 2.75) is 6.92 Å². The molecule has 1 N–H and O–H groups in total. The van der Waals surface area contributed by atoms with E-state index in [9.17, 15) is 4.79 Å². The largest absolute Gasteiger partial charge is 0.475 e. The third-order valence-corrected chi connectivity index (χ3v) is 3.09. The molecule has 3 nitrogen and oxygen atoms in total. The van der Waals surface area contributed by atoms with Crippen LogP contribution < -0.4 is 0 Å². The van der Waals surface area contributed by atoms with Crippen LogP contribution in [0.15, 0.2) is 27.1 Å². The van der Waals surface area contributed by atoms with Gasteiger partial charge >= 0.3 is 5.97 Å². The second-order valence-electron chi connectivity index (χ2n) is 3.02. The number of furan rings is 1. The maximum Gasteiger partial charge on any atom is 0.371 e. The molecule has 0 aliphatic rings. The highest BCUT2D eigenvalue weighted by atomic mass is 79.9. The molecule has 1 aromatic heterocycles. The zero-order chi connectivity index (χ0) is 10.3. The summed E-state index contributed by atoms with van der Waals surface area (Å²) in [4.78, 5) is 10.7. The first-order valence-electron chi connectivity index (χ1n) is 4.01. The van der Waals surface area contributed by atoms with Crippen molar-refractivity contribution in [2.75, 3.05) is 0 Å². The molecular formula is C10H7BrO3. The SMILES string of the molecule is Cc1ccc2oc(C(=O)O)cc2c1Br. The molecule has 0 bridgehead atoms. The van der Waals surface area contributed by atoms with E-state index in [0.29, 0.717) is 5.58 Å². The fraction of sp³-hybridized carbons (Fsp3) is 0.100. The van der Waals surface area contributed by atoms with Gasteiger partial charge in [0.15, 0.2) is 0 Å². The van der Waals surface area contributed by atoms with E-state index in [1.165, 1.54) is 6.07 Å². The lowest BCUT2D eigenvalue weighted by molar-refractivity contribution is 0.0665. The maximum atomic E-state index is 10.7. The number of halogens is 1. The minimum atomic E-state index is -1.05. The highest BCUT2D eigenvalue weighted by Crippen LogP contribution is 2.29. The van der Waals surface area contributed by atoms with Crippen LogP contribution >= 0.6 is 15.9 Å². The van der Waals surface area contributed by atoms with Gasteiger partial charge in [0.2, 0.25) is 5.76 Å². The van der Waals surface area contributed by atoms with Crippen molar-refractivity contribution in [1.82, 2.24) is 0 Å². The van der Waals surface area contributed by atoms with Gasteiger partial charge in [0.1, 0.15) is 5.58 Å². The molecule has 0 amide bonds. The summed E-state index contributed by atoms with van der Waals surface area (Å²) in [5.74, 6) is -1.09. The van der Waals surface area contributed by atoms with Gasteiger partial charge < -0.3 is 9.52 Å². The quantitative estimate of drug-likeness (QED) is 0.851. The van der Waals surface area contributed by atoms with Gasteiger partial charge in [-0.05, 0) is 34.5 Å². The number of carboxylic acid groups (broad SMARTS) is 1. The van der Waals surface area contributed by atoms with Gasteiger partial charge in [-0.3, -0.25) is 0 Å². The van der Waals surface area contributed by atoms with Gasteiger partial charge in [-0.1, -0.05) is 6.07 Å². The van der Waals surface area contributed by atoms with E-state index >= 15 is 0 Å². The average Bonchev–Trinajstić information content (AvgIpc) is 2.56. The Balaban J connectivity index is 2.77. The van der Waals surface area contributed by atoms with E-state index in [0.717, 1.165) is 15.4 Å². The Kier molecular flexibility index (Phi) is 2.07. The molecule has 0 saturated heterocycles. The first kappa shape index (κ1) is 9.27. The number of benzene rings is 1. The molecule has 1 aromatic carbocycles. The highest BCUT2D eigenvalue weighted by Gasteiger charge is 2.12. The highest BCUT2D eigenvalue weighted by molar-refractivity contribution is 9.10. The van der Waals surface area contributed by atoms with Gasteiger partial charge in [-0.25, -0.2) is 4.79 Å². The van der Waals surface area contributed by atoms with Crippen molar-refractivity contribution < 1.29 is 14.3 Å². The van der Waals surface area contributed by atoms with Crippen molar-refractivity contribution >= 4 is 32.9 Å². The zero-order valence-electron chi connectivity index (χ0n) is 7.37. The summed E-state index contributed by atoms with van der Waals surface area (Å²) in [6.07, 6.45) is 0. The molecule has 0 aliphatic carbocycles. The molecule has 0 aliphatic heterocycles. The fourth-order valence-corrected chi connectivity index (χ4v) is 1.73. The molecule has 0 atom stereocenters. The van der Waals surface area contributed by atoms with E-state index in [4.69, 9.17) is 9.52 Å². The third kappa shape index (κ3) is 1.32. The number of fused-ring (bicyclic) bond motifs is 1. The van der Waals surface area contributed by atoms with Crippen molar-refractivity contribution in [3.8, 4) is 0 Å². The summed E-state index contributed by atoms with van der Waals surface area (Å²) in [6.45, 7) is 1.94. The van der Waals surface area contributed by atoms with Crippen LogP contribution in [-0.2, 0) is 0 Å². The molecule has 0 unspecified atom stereocenters. The summed E-state index contributed by atoms with van der Waals surface area (Å²) < 4.78 is 6.02. The standard InChI is InChI=1S/C10H7BrO3/c1-5-2-3-7-6(9(5)11)4-8(14-7)10(12)13/h2-4H,1H3,(H,12,13). The first-order valence-corrected chi connectivity index (χ1v) is 4.81. The lowest BCUT2D eigenvalue weighted by Crippen LogP contribution is -1.91. The Morgan fingerprint density at radius 1 is 1.50 bits per heavy atom. The van der Waals surface area contributed by atoms with Crippen molar-refractivity contribution in [3.05, 3.63) is 34.0 Å². The van der Waals surface area contributed by atoms with Crippen LogP contribution in [0.1, 0.15) is 16.1 Å². The van der Waals surface area contributed by atoms with E-state index in [1.54, 1.807) is 6.07 Å². The summed E-state index contributed by atoms with van der Waals surface area (Å²) in [7, 11) is 0. The molecule has 2 aromatic rings. The van der Waals surface area contributed by atoms with Crippen molar-refractivity contribution in [3.63, 3.8) is 0 Å². The minimum absolute atomic E-state index is 0.0358. The summed E-state index contributed by atoms with van der Waals surface area (Å²) in [5, 5.41) is 9.53. The number of carbonyl (C=O) groups is 1. The molecular weight excluding hydrogens is 248 g/mol. The first-order chi connectivity index (χ1) is 6.59. The van der Waals surface area contributed by atoms with Gasteiger partial charge in [0, 0.05) is 15.9 Å². The zero-order valence-corrected chi connectivity index (χ0v) is 8.96. The molecule has 0 spiro atoms. The Bertz CT molecular complexity index is 513. The van der Waals surface area contributed by atoms with Crippen molar-refractivity contribution in [2.24, 2.45) is 0 Å². The number of hydrogen-bond donors (Lipinski definition) is 1. The number of aromatic carboxylic acids is 1. The predicted octanol–water partition coefficient (Wildman–Crippen LogP) is 3.20. The van der Waals surface area contributed by atoms with Gasteiger partial charge in [0.05, 0.1) is 0 Å². The second-order valence-corrected chi connectivity index (χ2v) is 3.82. The average molecular weight is 255 g/mol. The van der Waals surface area contributed by atoms with Gasteiger partial charge in [-0.2, -0.15) is 0 Å². The van der Waals surface area contributed by atoms with Crippen LogP contribution in [0.5, 0.6) is 0 Å². The monoisotopic (exact) mass is 254 g/mol. The van der Waals surface area contributed by atoms with Crippen LogP contribution in [0.25, 0.3) is 11.0 Å². The molecule has 4 heteroatoms. The number of rotatable bonds is 1. The van der Waals surface area contributed by atoms with Crippen LogP contribution in [0.4, 0.5) is 0 Å². The molecule has 0 saturated carbocycles. The number of hydrogen-bond acceptors (Lipinski definition) is 2. The summed E-state index contributed by atoms with van der Waals surface area (Å²) in [6, 6.07) is 5.16. The number of carboxylic acids is 1. The fourth-order valence-electron chi connectivity index (χ4n) is 1.29. The Hall–Kier alpha value is -1.29.